The van der Waals surface area contributed by atoms with E-state index in [2.05, 4.69) is 5.32 Å². The Morgan fingerprint density at radius 1 is 1.18 bits per heavy atom. The Labute approximate surface area is 100 Å². The van der Waals surface area contributed by atoms with E-state index in [4.69, 9.17) is 4.74 Å². The number of aliphatic hydroxyl groups is 1. The first kappa shape index (κ1) is 16.7. The number of aliphatic hydroxyl groups excluding tert-OH is 1. The lowest BCUT2D eigenvalue weighted by atomic mass is 9.97. The van der Waals surface area contributed by atoms with Crippen LogP contribution in [0.2, 0.25) is 0 Å². The molecule has 1 unspecified atom stereocenters. The zero-order valence-electron chi connectivity index (χ0n) is 10.4. The van der Waals surface area contributed by atoms with Crippen LogP contribution in [0.15, 0.2) is 0 Å². The number of alkyl halides is 3. The Balaban J connectivity index is 3.56. The van der Waals surface area contributed by atoms with E-state index in [0.717, 1.165) is 6.54 Å². The van der Waals surface area contributed by atoms with Gasteiger partial charge in [0.25, 0.3) is 0 Å². The summed E-state index contributed by atoms with van der Waals surface area (Å²) in [7, 11) is 0. The molecule has 0 aromatic rings. The van der Waals surface area contributed by atoms with Crippen LogP contribution < -0.4 is 5.32 Å². The molecule has 1 atom stereocenters. The van der Waals surface area contributed by atoms with Crippen molar-refractivity contribution in [2.45, 2.75) is 44.8 Å². The highest BCUT2D eigenvalue weighted by molar-refractivity contribution is 4.81. The molecule has 0 amide bonds. The molecule has 0 saturated carbocycles. The van der Waals surface area contributed by atoms with Crippen molar-refractivity contribution >= 4 is 0 Å². The highest BCUT2D eigenvalue weighted by Crippen LogP contribution is 2.19. The molecular weight excluding hydrogens is 235 g/mol. The lowest BCUT2D eigenvalue weighted by Gasteiger charge is -2.28. The third-order valence-corrected chi connectivity index (χ3v) is 2.50. The van der Waals surface area contributed by atoms with Gasteiger partial charge in [0.1, 0.15) is 0 Å². The summed E-state index contributed by atoms with van der Waals surface area (Å²) >= 11 is 0. The molecule has 0 aliphatic heterocycles. The molecule has 0 bridgehead atoms. The maximum atomic E-state index is 11.8. The van der Waals surface area contributed by atoms with Crippen molar-refractivity contribution in [1.29, 1.82) is 0 Å². The van der Waals surface area contributed by atoms with Crippen molar-refractivity contribution < 1.29 is 23.0 Å². The lowest BCUT2D eigenvalue weighted by Crippen LogP contribution is -2.45. The molecule has 6 heteroatoms. The molecule has 0 aromatic carbocycles. The fraction of sp³-hybridized carbons (Fsp3) is 1.00. The molecule has 0 radical (unpaired) electrons. The quantitative estimate of drug-likeness (QED) is 0.621. The lowest BCUT2D eigenvalue weighted by molar-refractivity contribution is -0.145. The van der Waals surface area contributed by atoms with Crippen molar-refractivity contribution in [3.05, 3.63) is 0 Å². The number of hydrogen-bond donors (Lipinski definition) is 2. The first-order valence-electron chi connectivity index (χ1n) is 5.83. The largest absolute Gasteiger partial charge is 0.394 e. The fourth-order valence-electron chi connectivity index (χ4n) is 1.50. The molecule has 2 N–H and O–H groups in total. The molecule has 0 aliphatic rings. The third kappa shape index (κ3) is 9.38. The Hall–Kier alpha value is -0.330. The van der Waals surface area contributed by atoms with Gasteiger partial charge in [-0.15, -0.1) is 0 Å². The van der Waals surface area contributed by atoms with Gasteiger partial charge in [-0.3, -0.25) is 0 Å². The van der Waals surface area contributed by atoms with Crippen LogP contribution in [-0.2, 0) is 4.74 Å². The minimum absolute atomic E-state index is 0.00336. The van der Waals surface area contributed by atoms with E-state index in [1.165, 1.54) is 0 Å². The Morgan fingerprint density at radius 3 is 2.29 bits per heavy atom. The van der Waals surface area contributed by atoms with E-state index in [9.17, 15) is 18.3 Å². The predicted molar refractivity (Wildman–Crippen MR) is 59.9 cm³/mol. The summed E-state index contributed by atoms with van der Waals surface area (Å²) < 4.78 is 40.3. The molecule has 104 valence electrons. The first-order valence-corrected chi connectivity index (χ1v) is 5.83. The molecule has 0 spiro atoms. The molecule has 17 heavy (non-hydrogen) atoms. The summed E-state index contributed by atoms with van der Waals surface area (Å²) in [6.07, 6.45) is -3.76. The summed E-state index contributed by atoms with van der Waals surface area (Å²) in [6, 6.07) is 0. The van der Waals surface area contributed by atoms with Crippen LogP contribution in [0.3, 0.4) is 0 Å². The minimum Gasteiger partial charge on any atom is -0.394 e. The Bertz CT molecular complexity index is 200. The molecule has 0 rings (SSSR count). The average molecular weight is 257 g/mol. The normalized spacial score (nSPS) is 15.9. The second-order valence-electron chi connectivity index (χ2n) is 4.33. The average Bonchev–Trinajstić information content (AvgIpc) is 2.22. The fourth-order valence-corrected chi connectivity index (χ4v) is 1.50. The molecule has 0 fully saturated rings. The van der Waals surface area contributed by atoms with Gasteiger partial charge in [0.2, 0.25) is 0 Å². The zero-order valence-corrected chi connectivity index (χ0v) is 10.4. The highest BCUT2D eigenvalue weighted by atomic mass is 19.4. The van der Waals surface area contributed by atoms with Gasteiger partial charge in [-0.25, -0.2) is 0 Å². The van der Waals surface area contributed by atoms with Crippen molar-refractivity contribution in [3.63, 3.8) is 0 Å². The number of hydrogen-bond acceptors (Lipinski definition) is 3. The van der Waals surface area contributed by atoms with Crippen molar-refractivity contribution in [2.75, 3.05) is 26.4 Å². The van der Waals surface area contributed by atoms with Crippen molar-refractivity contribution in [2.24, 2.45) is 0 Å². The van der Waals surface area contributed by atoms with Gasteiger partial charge in [-0.05, 0) is 26.3 Å². The van der Waals surface area contributed by atoms with Crippen LogP contribution in [0, 0.1) is 0 Å². The van der Waals surface area contributed by atoms with Gasteiger partial charge in [0, 0.05) is 12.1 Å². The third-order valence-electron chi connectivity index (χ3n) is 2.50. The van der Waals surface area contributed by atoms with E-state index in [-0.39, 0.29) is 25.4 Å². The number of halogens is 3. The van der Waals surface area contributed by atoms with E-state index in [1.807, 2.05) is 13.8 Å². The van der Waals surface area contributed by atoms with Gasteiger partial charge < -0.3 is 15.2 Å². The summed E-state index contributed by atoms with van der Waals surface area (Å²) in [6.45, 7) is 4.56. The van der Waals surface area contributed by atoms with E-state index < -0.39 is 12.6 Å². The van der Waals surface area contributed by atoms with Gasteiger partial charge >= 0.3 is 6.18 Å². The zero-order chi connectivity index (χ0) is 13.4. The smallest absolute Gasteiger partial charge is 0.391 e. The summed E-state index contributed by atoms with van der Waals surface area (Å²) in [5.41, 5.74) is -0.373. The Kier molecular flexibility index (Phi) is 7.74. The molecule has 3 nitrogen and oxygen atoms in total. The van der Waals surface area contributed by atoms with E-state index in [1.54, 1.807) is 0 Å². The van der Waals surface area contributed by atoms with Crippen LogP contribution in [0.1, 0.15) is 33.1 Å². The number of nitrogens with one attached hydrogen (secondary N) is 1. The van der Waals surface area contributed by atoms with Gasteiger partial charge in [-0.1, -0.05) is 6.92 Å². The molecule has 0 aliphatic carbocycles. The number of likely N-dealkylation sites (N-methyl/N-ethyl adjacent to an activating group) is 1. The highest BCUT2D eigenvalue weighted by Gasteiger charge is 2.26. The minimum atomic E-state index is -4.15. The first-order chi connectivity index (χ1) is 7.83. The van der Waals surface area contributed by atoms with Crippen molar-refractivity contribution in [3.8, 4) is 0 Å². The van der Waals surface area contributed by atoms with Crippen LogP contribution in [0.5, 0.6) is 0 Å². The second kappa shape index (κ2) is 7.89. The standard InChI is InChI=1S/C11H22F3NO2/c1-3-15-10(2,9-16)5-4-7-17-8-6-11(12,13)14/h15-16H,3-9H2,1-2H3. The van der Waals surface area contributed by atoms with Gasteiger partial charge in [0.05, 0.1) is 19.6 Å². The number of ether oxygens (including phenoxy) is 1. The molecular formula is C11H22F3NO2. The molecule has 0 aromatic heterocycles. The van der Waals surface area contributed by atoms with Crippen molar-refractivity contribution in [1.82, 2.24) is 5.32 Å². The monoisotopic (exact) mass is 257 g/mol. The van der Waals surface area contributed by atoms with Crippen LogP contribution in [0.4, 0.5) is 13.2 Å². The van der Waals surface area contributed by atoms with E-state index in [0.29, 0.717) is 12.8 Å². The summed E-state index contributed by atoms with van der Waals surface area (Å²) in [5.74, 6) is 0. The second-order valence-corrected chi connectivity index (χ2v) is 4.33. The molecule has 0 saturated heterocycles. The van der Waals surface area contributed by atoms with Gasteiger partial charge in [-0.2, -0.15) is 13.2 Å². The summed E-state index contributed by atoms with van der Waals surface area (Å²) in [4.78, 5) is 0. The topological polar surface area (TPSA) is 41.5 Å². The van der Waals surface area contributed by atoms with Crippen LogP contribution in [0.25, 0.3) is 0 Å². The van der Waals surface area contributed by atoms with Crippen LogP contribution in [-0.4, -0.2) is 43.2 Å². The van der Waals surface area contributed by atoms with Crippen LogP contribution >= 0.6 is 0 Å². The Morgan fingerprint density at radius 2 is 1.82 bits per heavy atom. The molecule has 0 heterocycles. The van der Waals surface area contributed by atoms with Gasteiger partial charge in [0.15, 0.2) is 0 Å². The number of rotatable bonds is 9. The summed E-state index contributed by atoms with van der Waals surface area (Å²) in [5, 5.41) is 12.3. The maximum absolute atomic E-state index is 11.8. The maximum Gasteiger partial charge on any atom is 0.391 e. The SMILES string of the molecule is CCNC(C)(CO)CCCOCCC(F)(F)F. The predicted octanol–water partition coefficient (Wildman–Crippen LogP) is 2.10. The van der Waals surface area contributed by atoms with E-state index >= 15 is 0 Å².